The van der Waals surface area contributed by atoms with Gasteiger partial charge in [0.05, 0.1) is 0 Å². The molecule has 3 N–H and O–H groups in total. The highest BCUT2D eigenvalue weighted by atomic mass is 16.5. The normalized spacial score (nSPS) is 16.4. The minimum absolute atomic E-state index is 0.477. The van der Waals surface area contributed by atoms with Crippen LogP contribution in [0.3, 0.4) is 0 Å². The Hall–Kier alpha value is -1.40. The highest BCUT2D eigenvalue weighted by Gasteiger charge is 2.22. The predicted octanol–water partition coefficient (Wildman–Crippen LogP) is 1.33. The van der Waals surface area contributed by atoms with Gasteiger partial charge in [-0.1, -0.05) is 13.3 Å². The topological polar surface area (TPSA) is 76.3 Å². The summed E-state index contributed by atoms with van der Waals surface area (Å²) < 4.78 is 5.42. The quantitative estimate of drug-likeness (QED) is 0.618. The van der Waals surface area contributed by atoms with Gasteiger partial charge in [0.15, 0.2) is 0 Å². The maximum absolute atomic E-state index is 5.55. The molecule has 0 amide bonds. The summed E-state index contributed by atoms with van der Waals surface area (Å²) in [5.74, 6) is 7.26. The SMILES string of the molecule is CCCc1c(NN)ncnc1N(C)C1CCOCC1. The first-order valence-electron chi connectivity index (χ1n) is 6.89. The van der Waals surface area contributed by atoms with E-state index in [9.17, 15) is 0 Å². The summed E-state index contributed by atoms with van der Waals surface area (Å²) in [6.07, 6.45) is 5.61. The van der Waals surface area contributed by atoms with E-state index >= 15 is 0 Å². The Morgan fingerprint density at radius 3 is 2.79 bits per heavy atom. The van der Waals surface area contributed by atoms with Crippen molar-refractivity contribution >= 4 is 11.6 Å². The number of nitrogens with two attached hydrogens (primary N) is 1. The molecule has 0 saturated carbocycles. The van der Waals surface area contributed by atoms with E-state index < -0.39 is 0 Å². The van der Waals surface area contributed by atoms with Crippen molar-refractivity contribution in [1.29, 1.82) is 0 Å². The minimum atomic E-state index is 0.477. The van der Waals surface area contributed by atoms with Gasteiger partial charge >= 0.3 is 0 Å². The fourth-order valence-electron chi connectivity index (χ4n) is 2.56. The van der Waals surface area contributed by atoms with Crippen LogP contribution in [0.1, 0.15) is 31.7 Å². The molecule has 1 fully saturated rings. The Balaban J connectivity index is 2.26. The van der Waals surface area contributed by atoms with E-state index in [1.54, 1.807) is 6.33 Å². The fourth-order valence-corrected chi connectivity index (χ4v) is 2.56. The molecule has 1 aromatic rings. The van der Waals surface area contributed by atoms with Crippen LogP contribution < -0.4 is 16.2 Å². The van der Waals surface area contributed by atoms with E-state index in [1.807, 2.05) is 0 Å². The number of ether oxygens (including phenoxy) is 1. The van der Waals surface area contributed by atoms with Crippen LogP contribution >= 0.6 is 0 Å². The van der Waals surface area contributed by atoms with Gasteiger partial charge in [0.2, 0.25) is 0 Å². The number of anilines is 2. The lowest BCUT2D eigenvalue weighted by Gasteiger charge is -2.33. The third kappa shape index (κ3) is 3.13. The zero-order chi connectivity index (χ0) is 13.7. The first kappa shape index (κ1) is 14.0. The fraction of sp³-hybridized carbons (Fsp3) is 0.692. The molecule has 0 aromatic carbocycles. The molecule has 0 spiro atoms. The number of hydrazine groups is 1. The number of hydrogen-bond acceptors (Lipinski definition) is 6. The maximum Gasteiger partial charge on any atom is 0.148 e. The van der Waals surface area contributed by atoms with Crippen LogP contribution in [0.25, 0.3) is 0 Å². The summed E-state index contributed by atoms with van der Waals surface area (Å²) in [5.41, 5.74) is 3.77. The monoisotopic (exact) mass is 265 g/mol. The third-order valence-electron chi connectivity index (χ3n) is 3.63. The van der Waals surface area contributed by atoms with E-state index in [4.69, 9.17) is 10.6 Å². The standard InChI is InChI=1S/C13H23N5O/c1-3-4-11-12(17-14)15-9-16-13(11)18(2)10-5-7-19-8-6-10/h9-10H,3-8,14H2,1-2H3,(H,15,16,17). The Morgan fingerprint density at radius 2 is 2.16 bits per heavy atom. The first-order valence-corrected chi connectivity index (χ1v) is 6.89. The van der Waals surface area contributed by atoms with Crippen LogP contribution in [0.15, 0.2) is 6.33 Å². The third-order valence-corrected chi connectivity index (χ3v) is 3.63. The molecule has 0 radical (unpaired) electrons. The van der Waals surface area contributed by atoms with Crippen molar-refractivity contribution in [3.8, 4) is 0 Å². The second-order valence-corrected chi connectivity index (χ2v) is 4.87. The molecule has 1 aromatic heterocycles. The molecule has 1 aliphatic rings. The predicted molar refractivity (Wildman–Crippen MR) is 76.1 cm³/mol. The average Bonchev–Trinajstić information content (AvgIpc) is 2.48. The molecule has 0 bridgehead atoms. The van der Waals surface area contributed by atoms with Gasteiger partial charge in [0.1, 0.15) is 18.0 Å². The Bertz CT molecular complexity index is 406. The van der Waals surface area contributed by atoms with Gasteiger partial charge in [-0.05, 0) is 19.3 Å². The van der Waals surface area contributed by atoms with Crippen LogP contribution in [-0.4, -0.2) is 36.3 Å². The number of rotatable bonds is 5. The molecule has 0 atom stereocenters. The van der Waals surface area contributed by atoms with Gasteiger partial charge < -0.3 is 15.1 Å². The highest BCUT2D eigenvalue weighted by Crippen LogP contribution is 2.27. The molecule has 6 nitrogen and oxygen atoms in total. The van der Waals surface area contributed by atoms with Gasteiger partial charge in [0.25, 0.3) is 0 Å². The smallest absolute Gasteiger partial charge is 0.148 e. The van der Waals surface area contributed by atoms with Gasteiger partial charge in [-0.15, -0.1) is 0 Å². The molecule has 0 unspecified atom stereocenters. The molecule has 1 aliphatic heterocycles. The van der Waals surface area contributed by atoms with Crippen LogP contribution in [0, 0.1) is 0 Å². The van der Waals surface area contributed by atoms with Crippen molar-refractivity contribution in [3.05, 3.63) is 11.9 Å². The Kier molecular flexibility index (Phi) is 4.93. The van der Waals surface area contributed by atoms with Gasteiger partial charge in [-0.25, -0.2) is 15.8 Å². The lowest BCUT2D eigenvalue weighted by molar-refractivity contribution is 0.0853. The highest BCUT2D eigenvalue weighted by molar-refractivity contribution is 5.58. The Morgan fingerprint density at radius 1 is 1.42 bits per heavy atom. The van der Waals surface area contributed by atoms with Gasteiger partial charge in [-0.3, -0.25) is 0 Å². The summed E-state index contributed by atoms with van der Waals surface area (Å²) in [7, 11) is 2.10. The molecule has 0 aliphatic carbocycles. The Labute approximate surface area is 114 Å². The second kappa shape index (κ2) is 6.68. The summed E-state index contributed by atoms with van der Waals surface area (Å²) in [5, 5.41) is 0. The van der Waals surface area contributed by atoms with E-state index in [2.05, 4.69) is 34.3 Å². The van der Waals surface area contributed by atoms with E-state index in [0.717, 1.165) is 56.1 Å². The van der Waals surface area contributed by atoms with Crippen LogP contribution in [0.4, 0.5) is 11.6 Å². The largest absolute Gasteiger partial charge is 0.381 e. The molecule has 19 heavy (non-hydrogen) atoms. The molecule has 6 heteroatoms. The van der Waals surface area contributed by atoms with E-state index in [0.29, 0.717) is 6.04 Å². The number of nitrogens with one attached hydrogen (secondary N) is 1. The molecule has 2 heterocycles. The van der Waals surface area contributed by atoms with Gasteiger partial charge in [-0.2, -0.15) is 0 Å². The zero-order valence-electron chi connectivity index (χ0n) is 11.7. The molecule has 1 saturated heterocycles. The second-order valence-electron chi connectivity index (χ2n) is 4.87. The van der Waals surface area contributed by atoms with Crippen LogP contribution in [-0.2, 0) is 11.2 Å². The first-order chi connectivity index (χ1) is 9.27. The van der Waals surface area contributed by atoms with E-state index in [-0.39, 0.29) is 0 Å². The summed E-state index contributed by atoms with van der Waals surface area (Å²) in [6, 6.07) is 0.477. The summed E-state index contributed by atoms with van der Waals surface area (Å²) in [6.45, 7) is 3.79. The lowest BCUT2D eigenvalue weighted by atomic mass is 10.1. The van der Waals surface area contributed by atoms with Crippen molar-refractivity contribution in [2.24, 2.45) is 5.84 Å². The summed E-state index contributed by atoms with van der Waals surface area (Å²) >= 11 is 0. The van der Waals surface area contributed by atoms with Crippen molar-refractivity contribution in [3.63, 3.8) is 0 Å². The van der Waals surface area contributed by atoms with Crippen molar-refractivity contribution in [2.45, 2.75) is 38.6 Å². The minimum Gasteiger partial charge on any atom is -0.381 e. The molecular weight excluding hydrogens is 242 g/mol. The van der Waals surface area contributed by atoms with Gasteiger partial charge in [0, 0.05) is 31.9 Å². The zero-order valence-corrected chi connectivity index (χ0v) is 11.7. The number of nitrogen functional groups attached to an aromatic ring is 1. The maximum atomic E-state index is 5.55. The van der Waals surface area contributed by atoms with Crippen LogP contribution in [0.5, 0.6) is 0 Å². The molecule has 2 rings (SSSR count). The van der Waals surface area contributed by atoms with Crippen LogP contribution in [0.2, 0.25) is 0 Å². The summed E-state index contributed by atoms with van der Waals surface area (Å²) in [4.78, 5) is 10.9. The number of aromatic nitrogens is 2. The lowest BCUT2D eigenvalue weighted by Crippen LogP contribution is -2.38. The molecule has 106 valence electrons. The van der Waals surface area contributed by atoms with Crippen molar-refractivity contribution in [2.75, 3.05) is 30.6 Å². The number of nitrogens with zero attached hydrogens (tertiary/aromatic N) is 3. The van der Waals surface area contributed by atoms with Crippen molar-refractivity contribution in [1.82, 2.24) is 9.97 Å². The average molecular weight is 265 g/mol. The molecular formula is C13H23N5O. The van der Waals surface area contributed by atoms with E-state index in [1.165, 1.54) is 0 Å². The number of hydrogen-bond donors (Lipinski definition) is 2. The van der Waals surface area contributed by atoms with Crippen molar-refractivity contribution < 1.29 is 4.74 Å².